The first-order valence-electron chi connectivity index (χ1n) is 5.64. The first-order valence-corrected chi connectivity index (χ1v) is 5.64. The molecule has 0 saturated carbocycles. The first kappa shape index (κ1) is 22.7. The fourth-order valence-electron chi connectivity index (χ4n) is 1.42. The SMILES string of the molecule is CC1(F)OC(F)(F)C(F)(C(F)(F)F)OC1(F)OC(F)(C(=O)F)C(F)(F)F. The minimum absolute atomic E-state index is 0.740. The molecule has 1 fully saturated rings. The zero-order valence-electron chi connectivity index (χ0n) is 11.5. The maximum Gasteiger partial charge on any atom is 0.459 e. The van der Waals surface area contributed by atoms with Crippen LogP contribution >= 0.6 is 0 Å². The Labute approximate surface area is 132 Å². The summed E-state index contributed by atoms with van der Waals surface area (Å²) in [6.07, 6.45) is -20.4. The number of alkyl halides is 12. The van der Waals surface area contributed by atoms with E-state index in [1.807, 2.05) is 0 Å². The molecule has 1 rings (SSSR count). The summed E-state index contributed by atoms with van der Waals surface area (Å²) < 4.78 is 174. The van der Waals surface area contributed by atoms with Gasteiger partial charge >= 0.3 is 42.2 Å². The highest BCUT2D eigenvalue weighted by molar-refractivity contribution is 5.77. The average Bonchev–Trinajstić information content (AvgIpc) is 2.32. The molecule has 0 aromatic rings. The van der Waals surface area contributed by atoms with Gasteiger partial charge in [-0.05, 0) is 0 Å². The molecule has 0 amide bonds. The van der Waals surface area contributed by atoms with Crippen LogP contribution < -0.4 is 0 Å². The lowest BCUT2D eigenvalue weighted by atomic mass is 10.1. The number of halogens is 13. The molecule has 17 heteroatoms. The van der Waals surface area contributed by atoms with Gasteiger partial charge in [0.25, 0.3) is 5.85 Å². The van der Waals surface area contributed by atoms with E-state index in [4.69, 9.17) is 0 Å². The Morgan fingerprint density at radius 1 is 0.885 bits per heavy atom. The average molecular weight is 422 g/mol. The highest BCUT2D eigenvalue weighted by atomic mass is 19.4. The number of ether oxygens (including phenoxy) is 3. The van der Waals surface area contributed by atoms with Crippen molar-refractivity contribution in [3.05, 3.63) is 0 Å². The number of rotatable bonds is 3. The Morgan fingerprint density at radius 3 is 1.62 bits per heavy atom. The van der Waals surface area contributed by atoms with Crippen LogP contribution in [0.25, 0.3) is 0 Å². The number of carbonyl (C=O) groups excluding carboxylic acids is 1. The topological polar surface area (TPSA) is 44.8 Å². The molecule has 154 valence electrons. The second-order valence-corrected chi connectivity index (χ2v) is 4.74. The van der Waals surface area contributed by atoms with Crippen molar-refractivity contribution in [1.29, 1.82) is 0 Å². The van der Waals surface area contributed by atoms with Gasteiger partial charge in [-0.2, -0.15) is 52.7 Å². The Bertz CT molecular complexity index is 585. The van der Waals surface area contributed by atoms with Crippen molar-refractivity contribution in [2.24, 2.45) is 0 Å². The van der Waals surface area contributed by atoms with E-state index >= 15 is 0 Å². The van der Waals surface area contributed by atoms with Gasteiger partial charge in [0.2, 0.25) is 0 Å². The predicted molar refractivity (Wildman–Crippen MR) is 47.5 cm³/mol. The Hall–Kier alpha value is -1.36. The lowest BCUT2D eigenvalue weighted by Gasteiger charge is -2.49. The van der Waals surface area contributed by atoms with E-state index in [1.54, 1.807) is 0 Å². The van der Waals surface area contributed by atoms with Crippen LogP contribution in [0.3, 0.4) is 0 Å². The van der Waals surface area contributed by atoms with Gasteiger partial charge in [0, 0.05) is 6.92 Å². The molecule has 0 aromatic carbocycles. The zero-order chi connectivity index (χ0) is 21.2. The first-order chi connectivity index (χ1) is 11.1. The maximum absolute atomic E-state index is 14.0. The van der Waals surface area contributed by atoms with Crippen LogP contribution in [-0.2, 0) is 19.0 Å². The molecule has 0 radical (unpaired) electrons. The highest BCUT2D eigenvalue weighted by Gasteiger charge is 2.86. The van der Waals surface area contributed by atoms with Crippen molar-refractivity contribution in [3.8, 4) is 0 Å². The van der Waals surface area contributed by atoms with Crippen LogP contribution in [0, 0.1) is 0 Å². The van der Waals surface area contributed by atoms with Crippen LogP contribution in [0.4, 0.5) is 57.1 Å². The lowest BCUT2D eigenvalue weighted by molar-refractivity contribution is -0.621. The number of hydrogen-bond donors (Lipinski definition) is 0. The Morgan fingerprint density at radius 2 is 1.31 bits per heavy atom. The molecule has 4 atom stereocenters. The molecule has 0 aliphatic carbocycles. The molecule has 0 spiro atoms. The number of hydrogen-bond acceptors (Lipinski definition) is 4. The molecule has 1 aliphatic rings. The highest BCUT2D eigenvalue weighted by Crippen LogP contribution is 2.59. The van der Waals surface area contributed by atoms with Gasteiger partial charge in [-0.15, -0.1) is 0 Å². The van der Waals surface area contributed by atoms with Crippen molar-refractivity contribution in [2.45, 2.75) is 49.0 Å². The fourth-order valence-corrected chi connectivity index (χ4v) is 1.42. The smallest absolute Gasteiger partial charge is 0.270 e. The van der Waals surface area contributed by atoms with Crippen molar-refractivity contribution in [1.82, 2.24) is 0 Å². The second-order valence-electron chi connectivity index (χ2n) is 4.74. The molecular weight excluding hydrogens is 419 g/mol. The third-order valence-electron chi connectivity index (χ3n) is 2.75. The van der Waals surface area contributed by atoms with Crippen molar-refractivity contribution >= 4 is 6.04 Å². The second kappa shape index (κ2) is 5.57. The van der Waals surface area contributed by atoms with Gasteiger partial charge in [-0.25, -0.2) is 4.39 Å². The lowest BCUT2D eigenvalue weighted by Crippen LogP contribution is -2.74. The minimum atomic E-state index is -7.02. The van der Waals surface area contributed by atoms with E-state index in [2.05, 4.69) is 14.2 Å². The molecular formula is C9H3F13O4. The molecule has 4 unspecified atom stereocenters. The molecule has 1 saturated heterocycles. The zero-order valence-corrected chi connectivity index (χ0v) is 11.5. The molecule has 0 N–H and O–H groups in total. The Balaban J connectivity index is 3.55. The van der Waals surface area contributed by atoms with E-state index in [1.165, 1.54) is 0 Å². The van der Waals surface area contributed by atoms with Crippen molar-refractivity contribution in [2.75, 3.05) is 0 Å². The van der Waals surface area contributed by atoms with Gasteiger partial charge < -0.3 is 0 Å². The summed E-state index contributed by atoms with van der Waals surface area (Å²) in [6.45, 7) is -0.740. The normalized spacial score (nSPS) is 37.9. The summed E-state index contributed by atoms with van der Waals surface area (Å²) in [6, 6.07) is -10.5. The van der Waals surface area contributed by atoms with Gasteiger partial charge in [0.15, 0.2) is 0 Å². The Kier molecular flexibility index (Phi) is 4.86. The van der Waals surface area contributed by atoms with E-state index in [-0.39, 0.29) is 0 Å². The van der Waals surface area contributed by atoms with Crippen molar-refractivity contribution in [3.63, 3.8) is 0 Å². The summed E-state index contributed by atoms with van der Waals surface area (Å²) in [5, 5.41) is 0. The third kappa shape index (κ3) is 3.08. The summed E-state index contributed by atoms with van der Waals surface area (Å²) in [5.74, 6) is -18.6. The largest absolute Gasteiger partial charge is 0.459 e. The molecule has 1 aliphatic heterocycles. The van der Waals surface area contributed by atoms with Gasteiger partial charge in [-0.3, -0.25) is 19.0 Å². The van der Waals surface area contributed by atoms with Crippen LogP contribution in [0.5, 0.6) is 0 Å². The van der Waals surface area contributed by atoms with Crippen LogP contribution in [0.1, 0.15) is 6.92 Å². The monoisotopic (exact) mass is 422 g/mol. The third-order valence-corrected chi connectivity index (χ3v) is 2.75. The van der Waals surface area contributed by atoms with Crippen molar-refractivity contribution < 1.29 is 76.1 Å². The van der Waals surface area contributed by atoms with Gasteiger partial charge in [0.05, 0.1) is 0 Å². The molecule has 1 heterocycles. The summed E-state index contributed by atoms with van der Waals surface area (Å²) in [4.78, 5) is 10.1. The number of carbonyl (C=O) groups is 1. The summed E-state index contributed by atoms with van der Waals surface area (Å²) in [5.41, 5.74) is 0. The fraction of sp³-hybridized carbons (Fsp3) is 0.889. The molecule has 26 heavy (non-hydrogen) atoms. The maximum atomic E-state index is 14.0. The quantitative estimate of drug-likeness (QED) is 0.512. The summed E-state index contributed by atoms with van der Waals surface area (Å²) >= 11 is 0. The van der Waals surface area contributed by atoms with E-state index in [0.717, 1.165) is 0 Å². The minimum Gasteiger partial charge on any atom is -0.270 e. The van der Waals surface area contributed by atoms with E-state index in [0.29, 0.717) is 0 Å². The van der Waals surface area contributed by atoms with E-state index < -0.39 is 55.0 Å². The predicted octanol–water partition coefficient (Wildman–Crippen LogP) is 3.90. The van der Waals surface area contributed by atoms with Crippen LogP contribution in [0.2, 0.25) is 0 Å². The summed E-state index contributed by atoms with van der Waals surface area (Å²) in [7, 11) is 0. The molecule has 0 bridgehead atoms. The van der Waals surface area contributed by atoms with Gasteiger partial charge in [0.1, 0.15) is 0 Å². The van der Waals surface area contributed by atoms with Crippen LogP contribution in [0.15, 0.2) is 0 Å². The standard InChI is InChI=1S/C9H3F13O4/c1-3(11)9(22,25-4(12,2(10)23)6(14,15)16)26-5(13,7(17,18)19)8(20,21)24-3/h1H3. The van der Waals surface area contributed by atoms with E-state index in [9.17, 15) is 61.9 Å². The molecule has 4 nitrogen and oxygen atoms in total. The molecule has 0 aromatic heterocycles. The van der Waals surface area contributed by atoms with Crippen LogP contribution in [-0.4, -0.2) is 48.1 Å². The van der Waals surface area contributed by atoms with Gasteiger partial charge in [-0.1, -0.05) is 0 Å².